The maximum absolute atomic E-state index is 9.94. The van der Waals surface area contributed by atoms with Crippen molar-refractivity contribution < 1.29 is 5.11 Å². The second-order valence-corrected chi connectivity index (χ2v) is 7.26. The first kappa shape index (κ1) is 14.8. The van der Waals surface area contributed by atoms with E-state index in [9.17, 15) is 5.11 Å². The maximum atomic E-state index is 9.94. The molecule has 1 aliphatic carbocycles. The molecule has 0 bridgehead atoms. The van der Waals surface area contributed by atoms with Gasteiger partial charge in [0.25, 0.3) is 0 Å². The van der Waals surface area contributed by atoms with E-state index in [2.05, 4.69) is 22.0 Å². The van der Waals surface area contributed by atoms with Crippen LogP contribution in [0.2, 0.25) is 0 Å². The third kappa shape index (κ3) is 2.76. The van der Waals surface area contributed by atoms with Crippen LogP contribution in [0.25, 0.3) is 0 Å². The molecule has 2 heterocycles. The number of hydrogen-bond donors (Lipinski definition) is 2. The lowest BCUT2D eigenvalue weighted by molar-refractivity contribution is -0.0102. The Morgan fingerprint density at radius 3 is 2.65 bits per heavy atom. The number of aliphatic hydroxyl groups is 1. The lowest BCUT2D eigenvalue weighted by atomic mass is 9.90. The Hall–Kier alpha value is -0.160. The Labute approximate surface area is 123 Å². The second-order valence-electron chi connectivity index (χ2n) is 7.26. The van der Waals surface area contributed by atoms with Gasteiger partial charge in [0.15, 0.2) is 0 Å². The summed E-state index contributed by atoms with van der Waals surface area (Å²) in [6, 6.07) is 1.37. The smallest absolute Gasteiger partial charge is 0.0628 e. The first-order chi connectivity index (χ1) is 9.68. The largest absolute Gasteiger partial charge is 0.394 e. The van der Waals surface area contributed by atoms with Crippen LogP contribution in [0.3, 0.4) is 0 Å². The first-order valence-corrected chi connectivity index (χ1v) is 8.46. The van der Waals surface area contributed by atoms with Crippen LogP contribution >= 0.6 is 0 Å². The van der Waals surface area contributed by atoms with Crippen LogP contribution in [0, 0.1) is 5.92 Å². The van der Waals surface area contributed by atoms with Gasteiger partial charge in [0.1, 0.15) is 0 Å². The molecule has 20 heavy (non-hydrogen) atoms. The topological polar surface area (TPSA) is 38.7 Å². The van der Waals surface area contributed by atoms with Gasteiger partial charge in [0.05, 0.1) is 12.1 Å². The monoisotopic (exact) mass is 281 g/mol. The van der Waals surface area contributed by atoms with E-state index in [0.29, 0.717) is 12.0 Å². The van der Waals surface area contributed by atoms with Crippen LogP contribution < -0.4 is 5.32 Å². The Bertz CT molecular complexity index is 328. The van der Waals surface area contributed by atoms with Crippen molar-refractivity contribution in [3.8, 4) is 0 Å². The van der Waals surface area contributed by atoms with Crippen LogP contribution in [-0.2, 0) is 0 Å². The van der Waals surface area contributed by atoms with Crippen LogP contribution in [0.4, 0.5) is 0 Å². The molecule has 0 aromatic rings. The zero-order valence-corrected chi connectivity index (χ0v) is 13.1. The molecule has 0 spiro atoms. The number of piperidine rings is 1. The average molecular weight is 281 g/mol. The summed E-state index contributed by atoms with van der Waals surface area (Å²) >= 11 is 0. The van der Waals surface area contributed by atoms with Gasteiger partial charge in [-0.3, -0.25) is 9.80 Å². The molecule has 4 heteroatoms. The van der Waals surface area contributed by atoms with Crippen molar-refractivity contribution in [2.24, 2.45) is 5.92 Å². The van der Waals surface area contributed by atoms with Gasteiger partial charge in [0, 0.05) is 31.7 Å². The number of hydrogen-bond acceptors (Lipinski definition) is 4. The number of aliphatic hydroxyl groups excluding tert-OH is 1. The van der Waals surface area contributed by atoms with Crippen molar-refractivity contribution in [1.82, 2.24) is 15.1 Å². The fraction of sp³-hybridized carbons (Fsp3) is 1.00. The lowest BCUT2D eigenvalue weighted by Crippen LogP contribution is -2.64. The molecular formula is C16H31N3O. The molecule has 2 saturated heterocycles. The van der Waals surface area contributed by atoms with E-state index in [4.69, 9.17) is 0 Å². The van der Waals surface area contributed by atoms with Gasteiger partial charge in [-0.1, -0.05) is 6.42 Å². The number of likely N-dealkylation sites (N-methyl/N-ethyl adjacent to an activating group) is 1. The molecule has 2 N–H and O–H groups in total. The number of nitrogens with zero attached hydrogens (tertiary/aromatic N) is 2. The van der Waals surface area contributed by atoms with E-state index < -0.39 is 0 Å². The van der Waals surface area contributed by atoms with Crippen LogP contribution in [0.15, 0.2) is 0 Å². The summed E-state index contributed by atoms with van der Waals surface area (Å²) in [6.07, 6.45) is 6.68. The molecule has 2 aliphatic heterocycles. The minimum Gasteiger partial charge on any atom is -0.394 e. The lowest BCUT2D eigenvalue weighted by Gasteiger charge is -2.50. The summed E-state index contributed by atoms with van der Waals surface area (Å²) < 4.78 is 0. The summed E-state index contributed by atoms with van der Waals surface area (Å²) in [7, 11) is 2.02. The van der Waals surface area contributed by atoms with E-state index in [1.807, 2.05) is 7.05 Å². The second kappa shape index (κ2) is 5.91. The van der Waals surface area contributed by atoms with E-state index >= 15 is 0 Å². The van der Waals surface area contributed by atoms with Crippen LogP contribution in [-0.4, -0.2) is 72.4 Å². The average Bonchev–Trinajstić information content (AvgIpc) is 3.30. The predicted molar refractivity (Wildman–Crippen MR) is 81.8 cm³/mol. The van der Waals surface area contributed by atoms with Gasteiger partial charge >= 0.3 is 0 Å². The molecule has 3 atom stereocenters. The molecule has 3 rings (SSSR count). The number of nitrogens with one attached hydrogen (secondary N) is 1. The minimum atomic E-state index is -0.0644. The van der Waals surface area contributed by atoms with Gasteiger partial charge in [-0.25, -0.2) is 0 Å². The Morgan fingerprint density at radius 2 is 2.00 bits per heavy atom. The summed E-state index contributed by atoms with van der Waals surface area (Å²) in [5.41, 5.74) is -0.0644. The molecule has 0 aromatic carbocycles. The predicted octanol–water partition coefficient (Wildman–Crippen LogP) is 0.905. The molecule has 116 valence electrons. The summed E-state index contributed by atoms with van der Waals surface area (Å²) in [4.78, 5) is 5.33. The fourth-order valence-corrected chi connectivity index (χ4v) is 4.30. The summed E-state index contributed by atoms with van der Waals surface area (Å²) in [6.45, 7) is 7.33. The SMILES string of the molecule is CNC(CO)(CN1CC2CCCCN2CC1C)C1CC1. The van der Waals surface area contributed by atoms with Gasteiger partial charge < -0.3 is 10.4 Å². The molecule has 0 amide bonds. The van der Waals surface area contributed by atoms with Crippen molar-refractivity contribution in [3.63, 3.8) is 0 Å². The van der Waals surface area contributed by atoms with Crippen LogP contribution in [0.1, 0.15) is 39.0 Å². The maximum Gasteiger partial charge on any atom is 0.0628 e. The first-order valence-electron chi connectivity index (χ1n) is 8.46. The van der Waals surface area contributed by atoms with E-state index in [1.54, 1.807) is 0 Å². The molecule has 3 aliphatic rings. The van der Waals surface area contributed by atoms with Crippen molar-refractivity contribution in [2.45, 2.75) is 56.7 Å². The van der Waals surface area contributed by atoms with Gasteiger partial charge in [-0.15, -0.1) is 0 Å². The standard InChI is InChI=1S/C16H31N3O/c1-13-9-18-8-4-3-5-15(18)10-19(13)11-16(12-20,17-2)14-6-7-14/h13-15,17,20H,3-12H2,1-2H3. The highest BCUT2D eigenvalue weighted by Gasteiger charge is 2.46. The Morgan fingerprint density at radius 1 is 1.20 bits per heavy atom. The van der Waals surface area contributed by atoms with Crippen molar-refractivity contribution in [2.75, 3.05) is 39.8 Å². The third-order valence-electron chi connectivity index (χ3n) is 5.94. The minimum absolute atomic E-state index is 0.0644. The van der Waals surface area contributed by atoms with E-state index in [-0.39, 0.29) is 12.1 Å². The Kier molecular flexibility index (Phi) is 4.37. The van der Waals surface area contributed by atoms with Crippen molar-refractivity contribution in [1.29, 1.82) is 0 Å². The highest BCUT2D eigenvalue weighted by molar-refractivity contribution is 5.04. The van der Waals surface area contributed by atoms with E-state index in [1.165, 1.54) is 51.7 Å². The van der Waals surface area contributed by atoms with Gasteiger partial charge in [-0.05, 0) is 52.1 Å². The highest BCUT2D eigenvalue weighted by atomic mass is 16.3. The van der Waals surface area contributed by atoms with E-state index in [0.717, 1.165) is 12.6 Å². The summed E-state index contributed by atoms with van der Waals surface area (Å²) in [5.74, 6) is 0.675. The normalized spacial score (nSPS) is 35.5. The summed E-state index contributed by atoms with van der Waals surface area (Å²) in [5, 5.41) is 13.4. The third-order valence-corrected chi connectivity index (χ3v) is 5.94. The highest BCUT2D eigenvalue weighted by Crippen LogP contribution is 2.40. The number of piperazine rings is 1. The fourth-order valence-electron chi connectivity index (χ4n) is 4.30. The molecule has 3 unspecified atom stereocenters. The molecule has 1 saturated carbocycles. The van der Waals surface area contributed by atoms with Gasteiger partial charge in [-0.2, -0.15) is 0 Å². The number of rotatable bonds is 5. The van der Waals surface area contributed by atoms with Crippen molar-refractivity contribution in [3.05, 3.63) is 0 Å². The molecule has 0 aromatic heterocycles. The van der Waals surface area contributed by atoms with Gasteiger partial charge in [0.2, 0.25) is 0 Å². The zero-order valence-electron chi connectivity index (χ0n) is 13.1. The molecule has 3 fully saturated rings. The molecule has 0 radical (unpaired) electrons. The van der Waals surface area contributed by atoms with Crippen molar-refractivity contribution >= 4 is 0 Å². The number of fused-ring (bicyclic) bond motifs is 1. The quantitative estimate of drug-likeness (QED) is 0.785. The molecule has 4 nitrogen and oxygen atoms in total. The molecular weight excluding hydrogens is 250 g/mol. The Balaban J connectivity index is 1.66. The van der Waals surface area contributed by atoms with Crippen LogP contribution in [0.5, 0.6) is 0 Å². The zero-order chi connectivity index (χ0) is 14.2.